The predicted octanol–water partition coefficient (Wildman–Crippen LogP) is 2.79. The summed E-state index contributed by atoms with van der Waals surface area (Å²) in [6.07, 6.45) is 2.30. The fraction of sp³-hybridized carbons (Fsp3) is 0.538. The summed E-state index contributed by atoms with van der Waals surface area (Å²) in [5.74, 6) is 0. The van der Waals surface area contributed by atoms with Gasteiger partial charge in [-0.25, -0.2) is 0 Å². The smallest absolute Gasteiger partial charge is 0.0205 e. The molecule has 0 aromatic heterocycles. The van der Waals surface area contributed by atoms with Crippen LogP contribution in [-0.4, -0.2) is 20.1 Å². The van der Waals surface area contributed by atoms with Crippen molar-refractivity contribution < 1.29 is 0 Å². The average Bonchev–Trinajstić information content (AvgIpc) is 2.30. The lowest BCUT2D eigenvalue weighted by Gasteiger charge is -2.05. The standard InChI is InChI=1S/C13H22N2.2ClH/c1-3-12-5-7-13(8-6-12)11-15-10-4-9-14-2;;/h5-8,14-15H,3-4,9-11H2,1-2H3;2*1H. The normalized spacial score (nSPS) is 9.29. The molecule has 4 heteroatoms. The van der Waals surface area contributed by atoms with Crippen LogP contribution in [0.1, 0.15) is 24.5 Å². The Labute approximate surface area is 117 Å². The van der Waals surface area contributed by atoms with E-state index in [1.807, 2.05) is 7.05 Å². The first-order chi connectivity index (χ1) is 7.36. The quantitative estimate of drug-likeness (QED) is 0.750. The summed E-state index contributed by atoms with van der Waals surface area (Å²) in [6, 6.07) is 8.85. The number of aryl methyl sites for hydroxylation is 1. The second-order valence-corrected chi connectivity index (χ2v) is 3.80. The van der Waals surface area contributed by atoms with Gasteiger partial charge in [-0.15, -0.1) is 24.8 Å². The molecule has 0 spiro atoms. The summed E-state index contributed by atoms with van der Waals surface area (Å²) in [6.45, 7) is 5.33. The molecular formula is C13H24Cl2N2. The van der Waals surface area contributed by atoms with Crippen LogP contribution in [0.3, 0.4) is 0 Å². The van der Waals surface area contributed by atoms with Gasteiger partial charge < -0.3 is 10.6 Å². The zero-order valence-electron chi connectivity index (χ0n) is 10.7. The van der Waals surface area contributed by atoms with Gasteiger partial charge in [-0.05, 0) is 44.1 Å². The molecule has 2 nitrogen and oxygen atoms in total. The van der Waals surface area contributed by atoms with Gasteiger partial charge in [-0.3, -0.25) is 0 Å². The Bertz CT molecular complexity index is 263. The highest BCUT2D eigenvalue weighted by Crippen LogP contribution is 2.04. The number of nitrogens with one attached hydrogen (secondary N) is 2. The van der Waals surface area contributed by atoms with Crippen molar-refractivity contribution in [1.82, 2.24) is 10.6 Å². The van der Waals surface area contributed by atoms with Crippen molar-refractivity contribution in [3.63, 3.8) is 0 Å². The summed E-state index contributed by atoms with van der Waals surface area (Å²) >= 11 is 0. The zero-order chi connectivity index (χ0) is 10.9. The molecule has 0 amide bonds. The van der Waals surface area contributed by atoms with Gasteiger partial charge in [0.2, 0.25) is 0 Å². The van der Waals surface area contributed by atoms with Gasteiger partial charge in [0.1, 0.15) is 0 Å². The van der Waals surface area contributed by atoms with Crippen molar-refractivity contribution in [3.8, 4) is 0 Å². The Morgan fingerprint density at radius 1 is 0.941 bits per heavy atom. The Hall–Kier alpha value is -0.280. The first kappa shape index (κ1) is 19.1. The topological polar surface area (TPSA) is 24.1 Å². The van der Waals surface area contributed by atoms with E-state index >= 15 is 0 Å². The Kier molecular flexibility index (Phi) is 13.7. The molecule has 0 aliphatic carbocycles. The second-order valence-electron chi connectivity index (χ2n) is 3.80. The lowest BCUT2D eigenvalue weighted by atomic mass is 10.1. The van der Waals surface area contributed by atoms with E-state index < -0.39 is 0 Å². The molecule has 0 bridgehead atoms. The summed E-state index contributed by atoms with van der Waals surface area (Å²) in [5, 5.41) is 6.58. The van der Waals surface area contributed by atoms with E-state index in [-0.39, 0.29) is 24.8 Å². The molecule has 0 atom stereocenters. The molecule has 0 aliphatic heterocycles. The number of hydrogen-bond acceptors (Lipinski definition) is 2. The molecule has 0 radical (unpaired) electrons. The molecule has 0 heterocycles. The van der Waals surface area contributed by atoms with Crippen molar-refractivity contribution in [3.05, 3.63) is 35.4 Å². The molecule has 0 saturated carbocycles. The highest BCUT2D eigenvalue weighted by atomic mass is 35.5. The van der Waals surface area contributed by atoms with Crippen LogP contribution in [0.15, 0.2) is 24.3 Å². The van der Waals surface area contributed by atoms with Crippen molar-refractivity contribution in [2.45, 2.75) is 26.3 Å². The van der Waals surface area contributed by atoms with E-state index in [2.05, 4.69) is 41.8 Å². The molecule has 1 rings (SSSR count). The first-order valence-corrected chi connectivity index (χ1v) is 5.80. The van der Waals surface area contributed by atoms with Crippen LogP contribution in [0, 0.1) is 0 Å². The highest BCUT2D eigenvalue weighted by Gasteiger charge is 1.93. The van der Waals surface area contributed by atoms with Crippen molar-refractivity contribution in [2.24, 2.45) is 0 Å². The van der Waals surface area contributed by atoms with Gasteiger partial charge in [0.25, 0.3) is 0 Å². The molecule has 0 unspecified atom stereocenters. The minimum absolute atomic E-state index is 0. The predicted molar refractivity (Wildman–Crippen MR) is 80.6 cm³/mol. The SMILES string of the molecule is CCc1ccc(CNCCCNC)cc1.Cl.Cl. The minimum Gasteiger partial charge on any atom is -0.320 e. The van der Waals surface area contributed by atoms with Gasteiger partial charge >= 0.3 is 0 Å². The van der Waals surface area contributed by atoms with Crippen LogP contribution < -0.4 is 10.6 Å². The van der Waals surface area contributed by atoms with E-state index in [4.69, 9.17) is 0 Å². The van der Waals surface area contributed by atoms with Crippen LogP contribution in [0.25, 0.3) is 0 Å². The van der Waals surface area contributed by atoms with E-state index in [0.29, 0.717) is 0 Å². The lowest BCUT2D eigenvalue weighted by molar-refractivity contribution is 0.625. The van der Waals surface area contributed by atoms with Crippen LogP contribution >= 0.6 is 24.8 Å². The average molecular weight is 279 g/mol. The molecule has 17 heavy (non-hydrogen) atoms. The monoisotopic (exact) mass is 278 g/mol. The van der Waals surface area contributed by atoms with E-state index in [0.717, 1.165) is 26.1 Å². The maximum absolute atomic E-state index is 3.43. The Morgan fingerprint density at radius 3 is 2.06 bits per heavy atom. The minimum atomic E-state index is 0. The van der Waals surface area contributed by atoms with Gasteiger partial charge in [-0.2, -0.15) is 0 Å². The van der Waals surface area contributed by atoms with E-state index in [9.17, 15) is 0 Å². The first-order valence-electron chi connectivity index (χ1n) is 5.80. The number of hydrogen-bond donors (Lipinski definition) is 2. The summed E-state index contributed by atoms with van der Waals surface area (Å²) in [5.41, 5.74) is 2.78. The maximum Gasteiger partial charge on any atom is 0.0205 e. The molecule has 100 valence electrons. The molecule has 0 aliphatic rings. The van der Waals surface area contributed by atoms with Crippen molar-refractivity contribution >= 4 is 24.8 Å². The summed E-state index contributed by atoms with van der Waals surface area (Å²) in [4.78, 5) is 0. The van der Waals surface area contributed by atoms with E-state index in [1.54, 1.807) is 0 Å². The third-order valence-corrected chi connectivity index (χ3v) is 2.54. The van der Waals surface area contributed by atoms with Crippen molar-refractivity contribution in [2.75, 3.05) is 20.1 Å². The van der Waals surface area contributed by atoms with Gasteiger partial charge in [0.15, 0.2) is 0 Å². The van der Waals surface area contributed by atoms with E-state index in [1.165, 1.54) is 17.5 Å². The Balaban J connectivity index is 0. The van der Waals surface area contributed by atoms with Crippen LogP contribution in [0.4, 0.5) is 0 Å². The summed E-state index contributed by atoms with van der Waals surface area (Å²) in [7, 11) is 1.99. The lowest BCUT2D eigenvalue weighted by Crippen LogP contribution is -2.19. The summed E-state index contributed by atoms with van der Waals surface area (Å²) < 4.78 is 0. The number of halogens is 2. The fourth-order valence-corrected chi connectivity index (χ4v) is 1.52. The molecular weight excluding hydrogens is 255 g/mol. The molecule has 2 N–H and O–H groups in total. The number of benzene rings is 1. The molecule has 0 fully saturated rings. The molecule has 1 aromatic carbocycles. The van der Waals surface area contributed by atoms with Gasteiger partial charge in [0.05, 0.1) is 0 Å². The number of rotatable bonds is 7. The third-order valence-electron chi connectivity index (χ3n) is 2.54. The van der Waals surface area contributed by atoms with Crippen molar-refractivity contribution in [1.29, 1.82) is 0 Å². The van der Waals surface area contributed by atoms with Crippen LogP contribution in [0.2, 0.25) is 0 Å². The molecule has 1 aromatic rings. The van der Waals surface area contributed by atoms with Crippen LogP contribution in [0.5, 0.6) is 0 Å². The fourth-order valence-electron chi connectivity index (χ4n) is 1.52. The zero-order valence-corrected chi connectivity index (χ0v) is 12.3. The largest absolute Gasteiger partial charge is 0.320 e. The third kappa shape index (κ3) is 8.44. The maximum atomic E-state index is 3.43. The second kappa shape index (κ2) is 12.2. The Morgan fingerprint density at radius 2 is 1.53 bits per heavy atom. The van der Waals surface area contributed by atoms with Gasteiger partial charge in [-0.1, -0.05) is 31.2 Å². The van der Waals surface area contributed by atoms with Gasteiger partial charge in [0, 0.05) is 6.54 Å². The highest BCUT2D eigenvalue weighted by molar-refractivity contribution is 5.85. The molecule has 0 saturated heterocycles. The van der Waals surface area contributed by atoms with Crippen LogP contribution in [-0.2, 0) is 13.0 Å².